The second-order valence-corrected chi connectivity index (χ2v) is 5.18. The number of nitrogens with one attached hydrogen (secondary N) is 1. The fourth-order valence-corrected chi connectivity index (χ4v) is 2.37. The summed E-state index contributed by atoms with van der Waals surface area (Å²) in [5.74, 6) is 0.362. The topological polar surface area (TPSA) is 52.6 Å². The number of likely N-dealkylation sites (N-methyl/N-ethyl adjacent to an activating group) is 1. The minimum atomic E-state index is -0.273. The SMILES string of the molecule is CCN(CC)C(=O)C(C)NC(C)c1ccc(C)cc1O. The predicted molar refractivity (Wildman–Crippen MR) is 81.8 cm³/mol. The van der Waals surface area contributed by atoms with Crippen molar-refractivity contribution in [1.82, 2.24) is 10.2 Å². The van der Waals surface area contributed by atoms with Gasteiger partial charge in [0, 0.05) is 24.7 Å². The van der Waals surface area contributed by atoms with Gasteiger partial charge in [0.15, 0.2) is 0 Å². The molecule has 0 aliphatic carbocycles. The van der Waals surface area contributed by atoms with Gasteiger partial charge in [-0.15, -0.1) is 0 Å². The van der Waals surface area contributed by atoms with Gasteiger partial charge >= 0.3 is 0 Å². The highest BCUT2D eigenvalue weighted by molar-refractivity contribution is 5.81. The summed E-state index contributed by atoms with van der Waals surface area (Å²) in [7, 11) is 0. The summed E-state index contributed by atoms with van der Waals surface area (Å²) in [5.41, 5.74) is 1.83. The van der Waals surface area contributed by atoms with Gasteiger partial charge in [-0.3, -0.25) is 10.1 Å². The van der Waals surface area contributed by atoms with Crippen LogP contribution in [0.1, 0.15) is 44.9 Å². The fraction of sp³-hybridized carbons (Fsp3) is 0.562. The summed E-state index contributed by atoms with van der Waals surface area (Å²) < 4.78 is 0. The Kier molecular flexibility index (Phi) is 6.02. The van der Waals surface area contributed by atoms with E-state index >= 15 is 0 Å². The highest BCUT2D eigenvalue weighted by Crippen LogP contribution is 2.25. The van der Waals surface area contributed by atoms with Crippen LogP contribution < -0.4 is 5.32 Å². The average Bonchev–Trinajstić information content (AvgIpc) is 2.39. The van der Waals surface area contributed by atoms with Crippen LogP contribution >= 0.6 is 0 Å². The standard InChI is InChI=1S/C16H26N2O2/c1-6-18(7-2)16(20)13(5)17-12(4)14-9-8-11(3)10-15(14)19/h8-10,12-13,17,19H,6-7H2,1-5H3. The molecule has 112 valence electrons. The van der Waals surface area contributed by atoms with Gasteiger partial charge in [0.25, 0.3) is 0 Å². The highest BCUT2D eigenvalue weighted by atomic mass is 16.3. The molecule has 1 aromatic rings. The van der Waals surface area contributed by atoms with E-state index in [0.29, 0.717) is 13.1 Å². The minimum Gasteiger partial charge on any atom is -0.508 e. The van der Waals surface area contributed by atoms with Crippen molar-refractivity contribution in [3.05, 3.63) is 29.3 Å². The molecular formula is C16H26N2O2. The lowest BCUT2D eigenvalue weighted by atomic mass is 10.0. The van der Waals surface area contributed by atoms with Crippen LogP contribution in [0.15, 0.2) is 18.2 Å². The first-order valence-corrected chi connectivity index (χ1v) is 7.25. The molecule has 2 N–H and O–H groups in total. The zero-order valence-electron chi connectivity index (χ0n) is 13.1. The Hall–Kier alpha value is -1.55. The number of hydrogen-bond acceptors (Lipinski definition) is 3. The summed E-state index contributed by atoms with van der Waals surface area (Å²) >= 11 is 0. The Morgan fingerprint density at radius 2 is 1.90 bits per heavy atom. The molecule has 1 rings (SSSR count). The molecule has 0 heterocycles. The van der Waals surface area contributed by atoms with Crippen LogP contribution in [-0.4, -0.2) is 35.0 Å². The molecule has 0 aliphatic heterocycles. The maximum Gasteiger partial charge on any atom is 0.239 e. The number of benzene rings is 1. The molecule has 0 saturated heterocycles. The van der Waals surface area contributed by atoms with Crippen LogP contribution in [0.5, 0.6) is 5.75 Å². The zero-order chi connectivity index (χ0) is 15.3. The molecule has 0 aromatic heterocycles. The Bertz CT molecular complexity index is 456. The number of carbonyl (C=O) groups is 1. The summed E-state index contributed by atoms with van der Waals surface area (Å²) in [5, 5.41) is 13.2. The highest BCUT2D eigenvalue weighted by Gasteiger charge is 2.21. The number of aromatic hydroxyl groups is 1. The van der Waals surface area contributed by atoms with Gasteiger partial charge in [-0.25, -0.2) is 0 Å². The number of nitrogens with zero attached hydrogens (tertiary/aromatic N) is 1. The van der Waals surface area contributed by atoms with E-state index < -0.39 is 0 Å². The van der Waals surface area contributed by atoms with Crippen molar-refractivity contribution < 1.29 is 9.90 Å². The van der Waals surface area contributed by atoms with Crippen LogP contribution in [0.3, 0.4) is 0 Å². The molecule has 0 fully saturated rings. The molecule has 20 heavy (non-hydrogen) atoms. The van der Waals surface area contributed by atoms with Gasteiger partial charge in [-0.05, 0) is 46.2 Å². The Labute approximate surface area is 121 Å². The summed E-state index contributed by atoms with van der Waals surface area (Å²) in [4.78, 5) is 14.0. The van der Waals surface area contributed by atoms with Gasteiger partial charge in [-0.2, -0.15) is 0 Å². The van der Waals surface area contributed by atoms with Crippen molar-refractivity contribution in [1.29, 1.82) is 0 Å². The maximum atomic E-state index is 12.2. The number of rotatable bonds is 6. The second-order valence-electron chi connectivity index (χ2n) is 5.18. The molecule has 2 unspecified atom stereocenters. The number of carbonyl (C=O) groups excluding carboxylic acids is 1. The first-order chi connectivity index (χ1) is 9.40. The largest absolute Gasteiger partial charge is 0.508 e. The van der Waals surface area contributed by atoms with E-state index in [-0.39, 0.29) is 23.7 Å². The van der Waals surface area contributed by atoms with Crippen LogP contribution in [0.4, 0.5) is 0 Å². The van der Waals surface area contributed by atoms with Crippen molar-refractivity contribution in [3.63, 3.8) is 0 Å². The molecule has 4 heteroatoms. The van der Waals surface area contributed by atoms with E-state index in [0.717, 1.165) is 11.1 Å². The number of hydrogen-bond donors (Lipinski definition) is 2. The summed E-state index contributed by atoms with van der Waals surface area (Å²) in [6.07, 6.45) is 0. The van der Waals surface area contributed by atoms with Crippen molar-refractivity contribution in [2.24, 2.45) is 0 Å². The van der Waals surface area contributed by atoms with E-state index in [9.17, 15) is 9.90 Å². The zero-order valence-corrected chi connectivity index (χ0v) is 13.1. The molecule has 1 aromatic carbocycles. The van der Waals surface area contributed by atoms with E-state index in [1.807, 2.05) is 46.8 Å². The van der Waals surface area contributed by atoms with E-state index in [1.54, 1.807) is 11.0 Å². The van der Waals surface area contributed by atoms with E-state index in [4.69, 9.17) is 0 Å². The first kappa shape index (κ1) is 16.5. The summed E-state index contributed by atoms with van der Waals surface area (Å²) in [6.45, 7) is 11.1. The fourth-order valence-electron chi connectivity index (χ4n) is 2.37. The summed E-state index contributed by atoms with van der Waals surface area (Å²) in [6, 6.07) is 5.25. The Morgan fingerprint density at radius 3 is 2.40 bits per heavy atom. The van der Waals surface area contributed by atoms with E-state index in [2.05, 4.69) is 5.32 Å². The smallest absolute Gasteiger partial charge is 0.239 e. The van der Waals surface area contributed by atoms with Crippen molar-refractivity contribution in [3.8, 4) is 5.75 Å². The van der Waals surface area contributed by atoms with Crippen LogP contribution in [0.2, 0.25) is 0 Å². The average molecular weight is 278 g/mol. The molecule has 1 amide bonds. The van der Waals surface area contributed by atoms with Gasteiger partial charge in [-0.1, -0.05) is 12.1 Å². The molecule has 0 radical (unpaired) electrons. The molecule has 4 nitrogen and oxygen atoms in total. The van der Waals surface area contributed by atoms with Crippen LogP contribution in [0.25, 0.3) is 0 Å². The van der Waals surface area contributed by atoms with Crippen LogP contribution in [-0.2, 0) is 4.79 Å². The third kappa shape index (κ3) is 3.97. The third-order valence-corrected chi connectivity index (χ3v) is 3.60. The Morgan fingerprint density at radius 1 is 1.30 bits per heavy atom. The lowest BCUT2D eigenvalue weighted by Gasteiger charge is -2.26. The van der Waals surface area contributed by atoms with Gasteiger partial charge < -0.3 is 10.0 Å². The van der Waals surface area contributed by atoms with E-state index in [1.165, 1.54) is 0 Å². The molecule has 0 bridgehead atoms. The monoisotopic (exact) mass is 278 g/mol. The van der Waals surface area contributed by atoms with Crippen molar-refractivity contribution >= 4 is 5.91 Å². The molecular weight excluding hydrogens is 252 g/mol. The number of amides is 1. The molecule has 0 saturated carbocycles. The van der Waals surface area contributed by atoms with Crippen molar-refractivity contribution in [2.75, 3.05) is 13.1 Å². The van der Waals surface area contributed by atoms with Crippen molar-refractivity contribution in [2.45, 2.75) is 46.7 Å². The lowest BCUT2D eigenvalue weighted by Crippen LogP contribution is -2.45. The minimum absolute atomic E-state index is 0.0786. The first-order valence-electron chi connectivity index (χ1n) is 7.25. The second kappa shape index (κ2) is 7.29. The van der Waals surface area contributed by atoms with Crippen LogP contribution in [0, 0.1) is 6.92 Å². The number of phenols is 1. The lowest BCUT2D eigenvalue weighted by molar-refractivity contribution is -0.132. The molecule has 0 aliphatic rings. The number of phenolic OH excluding ortho intramolecular Hbond substituents is 1. The molecule has 2 atom stereocenters. The van der Waals surface area contributed by atoms with Gasteiger partial charge in [0.1, 0.15) is 5.75 Å². The maximum absolute atomic E-state index is 12.2. The quantitative estimate of drug-likeness (QED) is 0.841. The van der Waals surface area contributed by atoms with Gasteiger partial charge in [0.2, 0.25) is 5.91 Å². The Balaban J connectivity index is 2.74. The molecule has 0 spiro atoms. The predicted octanol–water partition coefficient (Wildman–Crippen LogP) is 2.61. The third-order valence-electron chi connectivity index (χ3n) is 3.60. The van der Waals surface area contributed by atoms with Gasteiger partial charge in [0.05, 0.1) is 6.04 Å². The normalized spacial score (nSPS) is 13.8. The number of aryl methyl sites for hydroxylation is 1.